The number of likely N-dealkylation sites (N-methyl/N-ethyl adjacent to an activating group) is 1. The first-order chi connectivity index (χ1) is 21.8. The number of amides is 2. The fraction of sp³-hybridized carbons (Fsp3) is 0.316. The molecule has 2 amide bonds. The van der Waals surface area contributed by atoms with Gasteiger partial charge in [-0.15, -0.1) is 0 Å². The van der Waals surface area contributed by atoms with Crippen LogP contribution in [0.1, 0.15) is 30.5 Å². The Kier molecular flexibility index (Phi) is 10.7. The fourth-order valence-electron chi connectivity index (χ4n) is 5.83. The number of benzene rings is 4. The van der Waals surface area contributed by atoms with Gasteiger partial charge in [0.05, 0.1) is 25.5 Å². The normalized spacial score (nSPS) is 17.4. The number of rotatable bonds is 10. The fourth-order valence-corrected chi connectivity index (χ4v) is 5.83. The minimum Gasteiger partial charge on any atom is -0.488 e. The molecule has 0 saturated carbocycles. The van der Waals surface area contributed by atoms with Gasteiger partial charge in [-0.3, -0.25) is 14.5 Å². The van der Waals surface area contributed by atoms with Gasteiger partial charge in [-0.25, -0.2) is 0 Å². The van der Waals surface area contributed by atoms with Crippen molar-refractivity contribution in [2.75, 3.05) is 32.1 Å². The second-order valence-electron chi connectivity index (χ2n) is 12.2. The highest BCUT2D eigenvalue weighted by atomic mass is 16.5. The van der Waals surface area contributed by atoms with Gasteiger partial charge in [0.15, 0.2) is 0 Å². The molecule has 4 aromatic carbocycles. The highest BCUT2D eigenvalue weighted by Gasteiger charge is 2.31. The van der Waals surface area contributed by atoms with Gasteiger partial charge in [-0.1, -0.05) is 91.9 Å². The lowest BCUT2D eigenvalue weighted by Gasteiger charge is -2.34. The molecule has 0 radical (unpaired) electrons. The molecule has 0 saturated heterocycles. The topological polar surface area (TPSA) is 82.1 Å². The van der Waals surface area contributed by atoms with Crippen LogP contribution in [0.3, 0.4) is 0 Å². The van der Waals surface area contributed by atoms with E-state index >= 15 is 0 Å². The maximum absolute atomic E-state index is 13.6. The van der Waals surface area contributed by atoms with Crippen molar-refractivity contribution in [3.05, 3.63) is 120 Å². The molecule has 7 heteroatoms. The predicted octanol–water partition coefficient (Wildman–Crippen LogP) is 5.82. The van der Waals surface area contributed by atoms with E-state index in [1.54, 1.807) is 4.90 Å². The second-order valence-corrected chi connectivity index (χ2v) is 12.2. The number of hydrogen-bond donors (Lipinski definition) is 2. The van der Waals surface area contributed by atoms with Crippen molar-refractivity contribution >= 4 is 17.5 Å². The minimum atomic E-state index is -0.322. The van der Waals surface area contributed by atoms with E-state index in [0.29, 0.717) is 30.1 Å². The third kappa shape index (κ3) is 8.59. The summed E-state index contributed by atoms with van der Waals surface area (Å²) in [5.74, 6) is 0.438. The van der Waals surface area contributed by atoms with Crippen LogP contribution in [-0.2, 0) is 29.0 Å². The summed E-state index contributed by atoms with van der Waals surface area (Å²) in [6, 6.07) is 33.8. The molecule has 45 heavy (non-hydrogen) atoms. The zero-order valence-electron chi connectivity index (χ0n) is 26.4. The maximum Gasteiger partial charge on any atom is 0.228 e. The van der Waals surface area contributed by atoms with Gasteiger partial charge in [-0.2, -0.15) is 0 Å². The Balaban J connectivity index is 1.33. The van der Waals surface area contributed by atoms with E-state index in [0.717, 1.165) is 12.1 Å². The molecule has 1 heterocycles. The average molecular weight is 606 g/mol. The molecule has 1 aliphatic heterocycles. The van der Waals surface area contributed by atoms with Crippen LogP contribution in [0, 0.1) is 5.92 Å². The lowest BCUT2D eigenvalue weighted by atomic mass is 10.0. The van der Waals surface area contributed by atoms with Crippen molar-refractivity contribution in [1.82, 2.24) is 9.80 Å². The Bertz CT molecular complexity index is 1560. The summed E-state index contributed by atoms with van der Waals surface area (Å²) in [4.78, 5) is 30.4. The second kappa shape index (κ2) is 15.0. The van der Waals surface area contributed by atoms with Crippen molar-refractivity contribution in [2.24, 2.45) is 5.92 Å². The van der Waals surface area contributed by atoms with E-state index in [-0.39, 0.29) is 49.3 Å². The summed E-state index contributed by atoms with van der Waals surface area (Å²) in [6.07, 6.45) is 0.163. The van der Waals surface area contributed by atoms with Crippen molar-refractivity contribution in [1.29, 1.82) is 0 Å². The first-order valence-electron chi connectivity index (χ1n) is 15.7. The van der Waals surface area contributed by atoms with Gasteiger partial charge in [-0.05, 0) is 54.4 Å². The molecule has 234 valence electrons. The molecule has 7 nitrogen and oxygen atoms in total. The summed E-state index contributed by atoms with van der Waals surface area (Å²) in [7, 11) is 2.08. The number of carbonyl (C=O) groups is 2. The minimum absolute atomic E-state index is 0.00191. The lowest BCUT2D eigenvalue weighted by molar-refractivity contribution is -0.134. The number of hydrogen-bond acceptors (Lipinski definition) is 5. The molecule has 0 fully saturated rings. The third-order valence-corrected chi connectivity index (χ3v) is 8.41. The Morgan fingerprint density at radius 3 is 2.31 bits per heavy atom. The standard InChI is InChI=1S/C38H43N3O4/c1-27-23-41(28(2)26-42)38(44)22-33-21-34(39-37(43)20-29-10-6-4-7-11-29)18-19-35(33)45-36(27)25-40(3)24-30-14-16-32(17-15-30)31-12-8-5-9-13-31/h4-19,21,27-28,36,42H,20,22-26H2,1-3H3,(H,39,43)/t27-,28+,36+/m0/s1. The van der Waals surface area contributed by atoms with E-state index < -0.39 is 0 Å². The van der Waals surface area contributed by atoms with Crippen LogP contribution >= 0.6 is 0 Å². The van der Waals surface area contributed by atoms with E-state index in [1.165, 1.54) is 16.7 Å². The van der Waals surface area contributed by atoms with E-state index in [4.69, 9.17) is 4.74 Å². The Hall–Kier alpha value is -4.46. The van der Waals surface area contributed by atoms with Crippen molar-refractivity contribution in [2.45, 2.75) is 45.4 Å². The third-order valence-electron chi connectivity index (χ3n) is 8.41. The van der Waals surface area contributed by atoms with Crippen LogP contribution in [0.25, 0.3) is 11.1 Å². The lowest BCUT2D eigenvalue weighted by Crippen LogP contribution is -2.47. The molecule has 0 bridgehead atoms. The monoisotopic (exact) mass is 605 g/mol. The Morgan fingerprint density at radius 2 is 1.62 bits per heavy atom. The number of fused-ring (bicyclic) bond motifs is 1. The highest BCUT2D eigenvalue weighted by molar-refractivity contribution is 5.92. The molecule has 3 atom stereocenters. The summed E-state index contributed by atoms with van der Waals surface area (Å²) in [5.41, 5.74) is 5.84. The molecule has 0 spiro atoms. The van der Waals surface area contributed by atoms with E-state index in [9.17, 15) is 14.7 Å². The first kappa shape index (κ1) is 31.9. The number of aliphatic hydroxyl groups is 1. The Labute approximate surface area is 266 Å². The Morgan fingerprint density at radius 1 is 0.956 bits per heavy atom. The van der Waals surface area contributed by atoms with Crippen molar-refractivity contribution in [3.8, 4) is 16.9 Å². The van der Waals surface area contributed by atoms with E-state index in [2.05, 4.69) is 60.6 Å². The van der Waals surface area contributed by atoms with Gasteiger partial charge < -0.3 is 20.1 Å². The zero-order valence-corrected chi connectivity index (χ0v) is 26.4. The molecule has 0 aromatic heterocycles. The van der Waals surface area contributed by atoms with Crippen LogP contribution in [0.2, 0.25) is 0 Å². The van der Waals surface area contributed by atoms with Crippen molar-refractivity contribution in [3.63, 3.8) is 0 Å². The van der Waals surface area contributed by atoms with Gasteiger partial charge in [0.1, 0.15) is 11.9 Å². The van der Waals surface area contributed by atoms with E-state index in [1.807, 2.05) is 73.7 Å². The molecule has 2 N–H and O–H groups in total. The average Bonchev–Trinajstić information content (AvgIpc) is 3.09. The molecule has 5 rings (SSSR count). The zero-order chi connectivity index (χ0) is 31.8. The smallest absolute Gasteiger partial charge is 0.228 e. The van der Waals surface area contributed by atoms with Crippen LogP contribution < -0.4 is 10.1 Å². The number of nitrogens with zero attached hydrogens (tertiary/aromatic N) is 2. The number of aliphatic hydroxyl groups excluding tert-OH is 1. The molecule has 1 aliphatic rings. The summed E-state index contributed by atoms with van der Waals surface area (Å²) in [5, 5.41) is 12.9. The van der Waals surface area contributed by atoms with Gasteiger partial charge in [0, 0.05) is 36.8 Å². The number of nitrogens with one attached hydrogen (secondary N) is 1. The summed E-state index contributed by atoms with van der Waals surface area (Å²) >= 11 is 0. The van der Waals surface area contributed by atoms with Crippen LogP contribution in [0.4, 0.5) is 5.69 Å². The molecule has 4 aromatic rings. The number of ether oxygens (including phenoxy) is 1. The van der Waals surface area contributed by atoms with Crippen LogP contribution in [0.5, 0.6) is 5.75 Å². The largest absolute Gasteiger partial charge is 0.488 e. The number of carbonyl (C=O) groups excluding carboxylic acids is 2. The number of anilines is 1. The molecular formula is C38H43N3O4. The highest BCUT2D eigenvalue weighted by Crippen LogP contribution is 2.29. The molecular weight excluding hydrogens is 562 g/mol. The molecule has 0 unspecified atom stereocenters. The van der Waals surface area contributed by atoms with Gasteiger partial charge in [0.2, 0.25) is 11.8 Å². The summed E-state index contributed by atoms with van der Waals surface area (Å²) in [6.45, 7) is 5.71. The van der Waals surface area contributed by atoms with Gasteiger partial charge in [0.25, 0.3) is 0 Å². The summed E-state index contributed by atoms with van der Waals surface area (Å²) < 4.78 is 6.68. The van der Waals surface area contributed by atoms with Crippen molar-refractivity contribution < 1.29 is 19.4 Å². The maximum atomic E-state index is 13.6. The predicted molar refractivity (Wildman–Crippen MR) is 179 cm³/mol. The van der Waals surface area contributed by atoms with Crippen LogP contribution in [0.15, 0.2) is 103 Å². The SMILES string of the molecule is C[C@H](CO)N1C[C@H](C)[C@@H](CN(C)Cc2ccc(-c3ccccc3)cc2)Oc2ccc(NC(=O)Cc3ccccc3)cc2CC1=O. The quantitative estimate of drug-likeness (QED) is 0.238. The van der Waals surface area contributed by atoms with Gasteiger partial charge >= 0.3 is 0 Å². The molecule has 0 aliphatic carbocycles. The first-order valence-corrected chi connectivity index (χ1v) is 15.7. The van der Waals surface area contributed by atoms with Crippen LogP contribution in [-0.4, -0.2) is 65.6 Å².